The fraction of sp³-hybridized carbons (Fsp3) is 0.474. The summed E-state index contributed by atoms with van der Waals surface area (Å²) in [5.74, 6) is 0.639. The third-order valence-electron chi connectivity index (χ3n) is 4.98. The minimum Gasteiger partial charge on any atom is -0.381 e. The Morgan fingerprint density at radius 2 is 2.07 bits per heavy atom. The molecule has 27 heavy (non-hydrogen) atoms. The van der Waals surface area contributed by atoms with Crippen molar-refractivity contribution in [3.8, 4) is 0 Å². The van der Waals surface area contributed by atoms with Gasteiger partial charge in [0.25, 0.3) is 0 Å². The van der Waals surface area contributed by atoms with E-state index in [1.807, 2.05) is 18.3 Å². The Bertz CT molecular complexity index is 779. The Morgan fingerprint density at radius 1 is 1.26 bits per heavy atom. The Kier molecular flexibility index (Phi) is 5.43. The Labute approximate surface area is 158 Å². The zero-order valence-corrected chi connectivity index (χ0v) is 15.2. The smallest absolute Gasteiger partial charge is 0.318 e. The maximum absolute atomic E-state index is 12.5. The first-order valence-electron chi connectivity index (χ1n) is 9.39. The molecule has 0 unspecified atom stereocenters. The number of fused-ring (bicyclic) bond motifs is 1. The third kappa shape index (κ3) is 4.51. The lowest BCUT2D eigenvalue weighted by Crippen LogP contribution is -2.43. The molecule has 2 aliphatic heterocycles. The van der Waals surface area contributed by atoms with Crippen LogP contribution >= 0.6 is 0 Å². The fourth-order valence-electron chi connectivity index (χ4n) is 3.36. The number of hydrogen-bond donors (Lipinski definition) is 2. The molecule has 2 aromatic heterocycles. The molecule has 0 atom stereocenters. The Morgan fingerprint density at radius 3 is 2.89 bits per heavy atom. The molecule has 4 heterocycles. The van der Waals surface area contributed by atoms with Gasteiger partial charge in [-0.05, 0) is 42.5 Å². The molecule has 4 rings (SSSR count). The minimum absolute atomic E-state index is 0.0741. The second-order valence-electron chi connectivity index (χ2n) is 6.88. The van der Waals surface area contributed by atoms with E-state index in [-0.39, 0.29) is 6.03 Å². The van der Waals surface area contributed by atoms with Crippen LogP contribution in [0.2, 0.25) is 0 Å². The lowest BCUT2D eigenvalue weighted by atomic mass is 10.1. The van der Waals surface area contributed by atoms with Gasteiger partial charge in [0.15, 0.2) is 0 Å². The summed E-state index contributed by atoms with van der Waals surface area (Å²) in [7, 11) is 0. The lowest BCUT2D eigenvalue weighted by molar-refractivity contribution is 0.0903. The van der Waals surface area contributed by atoms with Crippen LogP contribution in [-0.2, 0) is 24.2 Å². The van der Waals surface area contributed by atoms with E-state index in [0.717, 1.165) is 49.3 Å². The van der Waals surface area contributed by atoms with Gasteiger partial charge in [-0.3, -0.25) is 4.98 Å². The molecular formula is C19H24N6O2. The second-order valence-corrected chi connectivity index (χ2v) is 6.88. The maximum Gasteiger partial charge on any atom is 0.318 e. The van der Waals surface area contributed by atoms with Crippen LogP contribution < -0.4 is 10.6 Å². The van der Waals surface area contributed by atoms with E-state index in [1.165, 1.54) is 0 Å². The van der Waals surface area contributed by atoms with E-state index in [9.17, 15) is 4.79 Å². The highest BCUT2D eigenvalue weighted by Gasteiger charge is 2.23. The molecule has 1 saturated heterocycles. The van der Waals surface area contributed by atoms with E-state index in [2.05, 4.69) is 25.6 Å². The van der Waals surface area contributed by atoms with E-state index in [4.69, 9.17) is 4.74 Å². The van der Waals surface area contributed by atoms with Crippen molar-refractivity contribution in [1.82, 2.24) is 25.2 Å². The number of nitrogens with zero attached hydrogens (tertiary/aromatic N) is 4. The van der Waals surface area contributed by atoms with Crippen molar-refractivity contribution in [2.45, 2.75) is 38.4 Å². The second kappa shape index (κ2) is 8.30. The van der Waals surface area contributed by atoms with Crippen molar-refractivity contribution in [2.75, 3.05) is 25.1 Å². The molecule has 8 heteroatoms. The van der Waals surface area contributed by atoms with Gasteiger partial charge in [0.05, 0.1) is 12.2 Å². The number of carbonyl (C=O) groups is 1. The first-order valence-corrected chi connectivity index (χ1v) is 9.39. The van der Waals surface area contributed by atoms with Gasteiger partial charge in [0, 0.05) is 50.9 Å². The third-order valence-corrected chi connectivity index (χ3v) is 4.98. The maximum atomic E-state index is 12.5. The number of anilines is 1. The number of urea groups is 1. The first-order chi connectivity index (χ1) is 13.3. The van der Waals surface area contributed by atoms with Crippen LogP contribution in [0.5, 0.6) is 0 Å². The molecule has 0 bridgehead atoms. The van der Waals surface area contributed by atoms with E-state index in [1.54, 1.807) is 17.3 Å². The Hall–Kier alpha value is -2.74. The molecule has 1 fully saturated rings. The summed E-state index contributed by atoms with van der Waals surface area (Å²) in [5, 5.41) is 6.36. The van der Waals surface area contributed by atoms with Gasteiger partial charge in [-0.2, -0.15) is 0 Å². The summed E-state index contributed by atoms with van der Waals surface area (Å²) >= 11 is 0. The number of carbonyl (C=O) groups excluding carboxylic acids is 1. The van der Waals surface area contributed by atoms with E-state index >= 15 is 0 Å². The minimum atomic E-state index is -0.0741. The molecule has 0 aromatic carbocycles. The fourth-order valence-corrected chi connectivity index (χ4v) is 3.36. The number of aromatic nitrogens is 3. The van der Waals surface area contributed by atoms with Crippen LogP contribution in [0, 0.1) is 0 Å². The van der Waals surface area contributed by atoms with Gasteiger partial charge in [-0.15, -0.1) is 0 Å². The monoisotopic (exact) mass is 368 g/mol. The molecule has 2 amide bonds. The molecule has 2 aromatic rings. The van der Waals surface area contributed by atoms with Crippen molar-refractivity contribution in [1.29, 1.82) is 0 Å². The number of hydrogen-bond acceptors (Lipinski definition) is 6. The van der Waals surface area contributed by atoms with Crippen LogP contribution in [0.4, 0.5) is 10.7 Å². The molecule has 2 N–H and O–H groups in total. The Balaban J connectivity index is 1.36. The number of ether oxygens (including phenoxy) is 1. The summed E-state index contributed by atoms with van der Waals surface area (Å²) in [6.45, 7) is 3.21. The molecular weight excluding hydrogens is 344 g/mol. The van der Waals surface area contributed by atoms with E-state index in [0.29, 0.717) is 31.6 Å². The van der Waals surface area contributed by atoms with Crippen LogP contribution in [-0.4, -0.2) is 51.7 Å². The van der Waals surface area contributed by atoms with Gasteiger partial charge in [0.1, 0.15) is 0 Å². The first kappa shape index (κ1) is 17.7. The predicted octanol–water partition coefficient (Wildman–Crippen LogP) is 1.73. The van der Waals surface area contributed by atoms with Gasteiger partial charge in [0.2, 0.25) is 5.95 Å². The zero-order chi connectivity index (χ0) is 18.5. The standard InChI is InChI=1S/C19H24N6O2/c26-19(22-11-14-1-6-20-7-2-14)25-8-3-15-12-21-18(24-17(15)13-25)23-16-4-9-27-10-5-16/h1-2,6-7,12,16H,3-5,8-11,13H2,(H,22,26)(H,21,23,24). The van der Waals surface area contributed by atoms with Crippen molar-refractivity contribution >= 4 is 12.0 Å². The normalized spacial score (nSPS) is 17.3. The highest BCUT2D eigenvalue weighted by molar-refractivity contribution is 5.74. The molecule has 142 valence electrons. The highest BCUT2D eigenvalue weighted by Crippen LogP contribution is 2.19. The van der Waals surface area contributed by atoms with Gasteiger partial charge < -0.3 is 20.3 Å². The van der Waals surface area contributed by atoms with Gasteiger partial charge >= 0.3 is 6.03 Å². The topological polar surface area (TPSA) is 92.3 Å². The van der Waals surface area contributed by atoms with Gasteiger partial charge in [-0.1, -0.05) is 0 Å². The largest absolute Gasteiger partial charge is 0.381 e. The van der Waals surface area contributed by atoms with Gasteiger partial charge in [-0.25, -0.2) is 14.8 Å². The van der Waals surface area contributed by atoms with Crippen molar-refractivity contribution in [3.05, 3.63) is 47.5 Å². The summed E-state index contributed by atoms with van der Waals surface area (Å²) < 4.78 is 5.39. The van der Waals surface area contributed by atoms with E-state index < -0.39 is 0 Å². The number of rotatable bonds is 4. The molecule has 0 spiro atoms. The number of nitrogens with one attached hydrogen (secondary N) is 2. The summed E-state index contributed by atoms with van der Waals surface area (Å²) in [5.41, 5.74) is 3.07. The number of pyridine rings is 1. The molecule has 0 saturated carbocycles. The summed E-state index contributed by atoms with van der Waals surface area (Å²) in [6.07, 6.45) is 8.03. The lowest BCUT2D eigenvalue weighted by Gasteiger charge is -2.29. The molecule has 8 nitrogen and oxygen atoms in total. The van der Waals surface area contributed by atoms with Crippen LogP contribution in [0.3, 0.4) is 0 Å². The SMILES string of the molecule is O=C(NCc1ccncc1)N1CCc2cnc(NC3CCOCC3)nc2C1. The van der Waals surface area contributed by atoms with Crippen LogP contribution in [0.25, 0.3) is 0 Å². The van der Waals surface area contributed by atoms with Crippen molar-refractivity contribution < 1.29 is 9.53 Å². The van der Waals surface area contributed by atoms with Crippen LogP contribution in [0.15, 0.2) is 30.7 Å². The van der Waals surface area contributed by atoms with Crippen molar-refractivity contribution in [3.63, 3.8) is 0 Å². The average Bonchev–Trinajstić information content (AvgIpc) is 2.73. The number of amides is 2. The quantitative estimate of drug-likeness (QED) is 0.854. The molecule has 2 aliphatic rings. The predicted molar refractivity (Wildman–Crippen MR) is 100 cm³/mol. The zero-order valence-electron chi connectivity index (χ0n) is 15.2. The highest BCUT2D eigenvalue weighted by atomic mass is 16.5. The average molecular weight is 368 g/mol. The molecule has 0 aliphatic carbocycles. The molecule has 0 radical (unpaired) electrons. The summed E-state index contributed by atoms with van der Waals surface area (Å²) in [4.78, 5) is 27.4. The summed E-state index contributed by atoms with van der Waals surface area (Å²) in [6, 6.07) is 4.07. The van der Waals surface area contributed by atoms with Crippen LogP contribution in [0.1, 0.15) is 29.7 Å². The van der Waals surface area contributed by atoms with Crippen molar-refractivity contribution in [2.24, 2.45) is 0 Å².